The molecule has 2 aromatic carbocycles. The molecule has 1 fully saturated rings. The SMILES string of the molecule is CC1OB(c2ccc(Oc3ccc(F)cc3)cc2)OC1(C)C. The Hall–Kier alpha value is -1.85. The van der Waals surface area contributed by atoms with Gasteiger partial charge in [0.1, 0.15) is 17.3 Å². The van der Waals surface area contributed by atoms with E-state index in [-0.39, 0.29) is 24.6 Å². The quantitative estimate of drug-likeness (QED) is 0.812. The molecule has 3 rings (SSSR count). The van der Waals surface area contributed by atoms with Crippen molar-refractivity contribution in [3.8, 4) is 11.5 Å². The summed E-state index contributed by atoms with van der Waals surface area (Å²) in [6, 6.07) is 13.5. The molecule has 1 unspecified atom stereocenters. The molecular formula is C17H18BFO3. The second kappa shape index (κ2) is 5.74. The minimum Gasteiger partial charge on any atom is -0.457 e. The van der Waals surface area contributed by atoms with Gasteiger partial charge in [0.05, 0.1) is 11.7 Å². The molecular weight excluding hydrogens is 282 g/mol. The van der Waals surface area contributed by atoms with Crippen molar-refractivity contribution in [2.24, 2.45) is 0 Å². The van der Waals surface area contributed by atoms with Crippen molar-refractivity contribution in [3.05, 3.63) is 54.3 Å². The van der Waals surface area contributed by atoms with Gasteiger partial charge in [0.25, 0.3) is 0 Å². The van der Waals surface area contributed by atoms with Crippen LogP contribution in [-0.4, -0.2) is 18.8 Å². The molecule has 2 aromatic rings. The van der Waals surface area contributed by atoms with Crippen LogP contribution in [0.5, 0.6) is 11.5 Å². The third kappa shape index (κ3) is 3.15. The lowest BCUT2D eigenvalue weighted by Gasteiger charge is -2.21. The summed E-state index contributed by atoms with van der Waals surface area (Å²) in [5.74, 6) is 0.993. The average Bonchev–Trinajstić information content (AvgIpc) is 2.76. The molecule has 1 atom stereocenters. The molecule has 0 spiro atoms. The standard InChI is InChI=1S/C17H18BFO3/c1-12-17(2,3)22-18(21-12)13-4-8-15(9-5-13)20-16-10-6-14(19)7-11-16/h4-12H,1-3H3. The molecule has 0 aliphatic carbocycles. The zero-order valence-corrected chi connectivity index (χ0v) is 12.9. The van der Waals surface area contributed by atoms with E-state index >= 15 is 0 Å². The van der Waals surface area contributed by atoms with Gasteiger partial charge in [0.15, 0.2) is 0 Å². The van der Waals surface area contributed by atoms with Gasteiger partial charge in [-0.25, -0.2) is 4.39 Å². The summed E-state index contributed by atoms with van der Waals surface area (Å²) in [6.07, 6.45) is 0.0349. The van der Waals surface area contributed by atoms with Crippen LogP contribution in [0.4, 0.5) is 4.39 Å². The molecule has 1 aliphatic heterocycles. The third-order valence-electron chi connectivity index (χ3n) is 3.92. The van der Waals surface area contributed by atoms with Gasteiger partial charge in [-0.3, -0.25) is 0 Å². The molecule has 0 N–H and O–H groups in total. The Bertz CT molecular complexity index is 640. The van der Waals surface area contributed by atoms with Gasteiger partial charge < -0.3 is 14.0 Å². The first-order valence-corrected chi connectivity index (χ1v) is 7.31. The number of hydrogen-bond acceptors (Lipinski definition) is 3. The molecule has 22 heavy (non-hydrogen) atoms. The second-order valence-corrected chi connectivity index (χ2v) is 5.96. The fraction of sp³-hybridized carbons (Fsp3) is 0.294. The molecule has 0 amide bonds. The monoisotopic (exact) mass is 300 g/mol. The molecule has 0 bridgehead atoms. The van der Waals surface area contributed by atoms with Crippen molar-refractivity contribution in [2.75, 3.05) is 0 Å². The fourth-order valence-electron chi connectivity index (χ4n) is 2.23. The first kappa shape index (κ1) is 15.1. The highest BCUT2D eigenvalue weighted by atomic mass is 19.1. The van der Waals surface area contributed by atoms with E-state index in [4.69, 9.17) is 14.0 Å². The largest absolute Gasteiger partial charge is 0.494 e. The Morgan fingerprint density at radius 1 is 1.00 bits per heavy atom. The van der Waals surface area contributed by atoms with Crippen LogP contribution < -0.4 is 10.2 Å². The summed E-state index contributed by atoms with van der Waals surface area (Å²) in [7, 11) is -0.357. The summed E-state index contributed by atoms with van der Waals surface area (Å²) in [5.41, 5.74) is 0.650. The predicted molar refractivity (Wildman–Crippen MR) is 84.0 cm³/mol. The topological polar surface area (TPSA) is 27.7 Å². The normalized spacial score (nSPS) is 20.2. The van der Waals surface area contributed by atoms with Crippen LogP contribution in [0.25, 0.3) is 0 Å². The van der Waals surface area contributed by atoms with E-state index in [0.717, 1.165) is 5.46 Å². The van der Waals surface area contributed by atoms with Crippen LogP contribution in [0, 0.1) is 5.82 Å². The van der Waals surface area contributed by atoms with E-state index < -0.39 is 0 Å². The fourth-order valence-corrected chi connectivity index (χ4v) is 2.23. The van der Waals surface area contributed by atoms with Gasteiger partial charge in [-0.1, -0.05) is 12.1 Å². The molecule has 5 heteroatoms. The predicted octanol–water partition coefficient (Wildman–Crippen LogP) is 3.53. The number of rotatable bonds is 3. The lowest BCUT2D eigenvalue weighted by Crippen LogP contribution is -2.34. The Morgan fingerprint density at radius 3 is 2.05 bits per heavy atom. The van der Waals surface area contributed by atoms with Crippen LogP contribution >= 0.6 is 0 Å². The molecule has 3 nitrogen and oxygen atoms in total. The van der Waals surface area contributed by atoms with Crippen molar-refractivity contribution >= 4 is 12.6 Å². The Kier molecular flexibility index (Phi) is 3.93. The van der Waals surface area contributed by atoms with Crippen LogP contribution in [0.2, 0.25) is 0 Å². The zero-order valence-electron chi connectivity index (χ0n) is 12.9. The highest BCUT2D eigenvalue weighted by Gasteiger charge is 2.43. The molecule has 1 aliphatic rings. The van der Waals surface area contributed by atoms with E-state index in [1.54, 1.807) is 12.1 Å². The van der Waals surface area contributed by atoms with Gasteiger partial charge in [-0.05, 0) is 62.6 Å². The number of hydrogen-bond donors (Lipinski definition) is 0. The van der Waals surface area contributed by atoms with Crippen LogP contribution in [0.3, 0.4) is 0 Å². The summed E-state index contributed by atoms with van der Waals surface area (Å²) in [4.78, 5) is 0. The average molecular weight is 300 g/mol. The highest BCUT2D eigenvalue weighted by molar-refractivity contribution is 6.62. The first-order chi connectivity index (χ1) is 10.4. The summed E-state index contributed by atoms with van der Waals surface area (Å²) in [5, 5.41) is 0. The Morgan fingerprint density at radius 2 is 1.55 bits per heavy atom. The van der Waals surface area contributed by atoms with Gasteiger partial charge in [0, 0.05) is 0 Å². The number of benzene rings is 2. The van der Waals surface area contributed by atoms with E-state index in [2.05, 4.69) is 0 Å². The van der Waals surface area contributed by atoms with Gasteiger partial charge in [-0.2, -0.15) is 0 Å². The van der Waals surface area contributed by atoms with Crippen molar-refractivity contribution in [3.63, 3.8) is 0 Å². The van der Waals surface area contributed by atoms with E-state index in [1.807, 2.05) is 45.0 Å². The Labute approximate surface area is 130 Å². The van der Waals surface area contributed by atoms with E-state index in [0.29, 0.717) is 11.5 Å². The molecule has 0 radical (unpaired) electrons. The minimum atomic E-state index is -0.357. The summed E-state index contributed by atoms with van der Waals surface area (Å²) >= 11 is 0. The highest BCUT2D eigenvalue weighted by Crippen LogP contribution is 2.27. The minimum absolute atomic E-state index is 0.0349. The second-order valence-electron chi connectivity index (χ2n) is 5.96. The van der Waals surface area contributed by atoms with Crippen molar-refractivity contribution in [2.45, 2.75) is 32.5 Å². The maximum atomic E-state index is 12.9. The Balaban J connectivity index is 1.69. The third-order valence-corrected chi connectivity index (χ3v) is 3.92. The molecule has 114 valence electrons. The van der Waals surface area contributed by atoms with Crippen LogP contribution in [0.1, 0.15) is 20.8 Å². The lowest BCUT2D eigenvalue weighted by molar-refractivity contribution is 0.0842. The molecule has 0 saturated carbocycles. The maximum Gasteiger partial charge on any atom is 0.494 e. The molecule has 1 saturated heterocycles. The zero-order chi connectivity index (χ0) is 15.7. The van der Waals surface area contributed by atoms with Crippen molar-refractivity contribution in [1.29, 1.82) is 0 Å². The lowest BCUT2D eigenvalue weighted by atomic mass is 9.79. The van der Waals surface area contributed by atoms with Crippen LogP contribution in [0.15, 0.2) is 48.5 Å². The van der Waals surface area contributed by atoms with Gasteiger partial charge in [0.2, 0.25) is 0 Å². The van der Waals surface area contributed by atoms with Crippen LogP contribution in [-0.2, 0) is 9.31 Å². The van der Waals surface area contributed by atoms with Crippen molar-refractivity contribution < 1.29 is 18.4 Å². The van der Waals surface area contributed by atoms with Gasteiger partial charge >= 0.3 is 7.12 Å². The molecule has 0 aromatic heterocycles. The summed E-state index contributed by atoms with van der Waals surface area (Å²) in [6.45, 7) is 6.04. The number of halogens is 1. The first-order valence-electron chi connectivity index (χ1n) is 7.31. The maximum absolute atomic E-state index is 12.9. The van der Waals surface area contributed by atoms with Gasteiger partial charge in [-0.15, -0.1) is 0 Å². The van der Waals surface area contributed by atoms with E-state index in [1.165, 1.54) is 12.1 Å². The smallest absolute Gasteiger partial charge is 0.457 e. The van der Waals surface area contributed by atoms with Crippen molar-refractivity contribution in [1.82, 2.24) is 0 Å². The summed E-state index contributed by atoms with van der Waals surface area (Å²) < 4.78 is 30.3. The number of ether oxygens (including phenoxy) is 1. The van der Waals surface area contributed by atoms with E-state index in [9.17, 15) is 4.39 Å². The molecule has 1 heterocycles.